The summed E-state index contributed by atoms with van der Waals surface area (Å²) in [6, 6.07) is 17.3. The number of benzene rings is 2. The van der Waals surface area contributed by atoms with Crippen LogP contribution in [0.2, 0.25) is 0 Å². The van der Waals surface area contributed by atoms with Crippen LogP contribution in [0.15, 0.2) is 54.6 Å². The second-order valence-corrected chi connectivity index (χ2v) is 7.45. The van der Waals surface area contributed by atoms with E-state index in [2.05, 4.69) is 10.6 Å². The van der Waals surface area contributed by atoms with Crippen molar-refractivity contribution in [3.8, 4) is 0 Å². The van der Waals surface area contributed by atoms with E-state index in [0.717, 1.165) is 37.1 Å². The molecule has 0 saturated carbocycles. The Hall–Kier alpha value is -2.37. The minimum atomic E-state index is -0.343. The van der Waals surface area contributed by atoms with Crippen LogP contribution in [0.25, 0.3) is 0 Å². The molecule has 156 valence electrons. The van der Waals surface area contributed by atoms with Crippen molar-refractivity contribution in [2.24, 2.45) is 0 Å². The maximum Gasteiger partial charge on any atom is 0.251 e. The van der Waals surface area contributed by atoms with E-state index in [1.165, 1.54) is 0 Å². The van der Waals surface area contributed by atoms with Gasteiger partial charge in [0, 0.05) is 24.7 Å². The zero-order chi connectivity index (χ0) is 19.9. The summed E-state index contributed by atoms with van der Waals surface area (Å²) in [5, 5.41) is 6.34. The summed E-state index contributed by atoms with van der Waals surface area (Å²) >= 11 is 0. The van der Waals surface area contributed by atoms with E-state index >= 15 is 0 Å². The third kappa shape index (κ3) is 6.31. The highest BCUT2D eigenvalue weighted by atomic mass is 35.5. The number of halogens is 1. The minimum absolute atomic E-state index is 0. The lowest BCUT2D eigenvalue weighted by Crippen LogP contribution is -2.45. The number of amides is 2. The normalized spacial score (nSPS) is 15.3. The molecule has 2 aromatic rings. The van der Waals surface area contributed by atoms with E-state index in [1.807, 2.05) is 73.5 Å². The predicted molar refractivity (Wildman–Crippen MR) is 118 cm³/mol. The number of hydrogen-bond acceptors (Lipinski definition) is 3. The van der Waals surface area contributed by atoms with Crippen LogP contribution in [-0.2, 0) is 4.79 Å². The molecule has 1 aliphatic heterocycles. The first-order valence-corrected chi connectivity index (χ1v) is 9.94. The smallest absolute Gasteiger partial charge is 0.251 e. The summed E-state index contributed by atoms with van der Waals surface area (Å²) in [4.78, 5) is 27.5. The molecule has 1 atom stereocenters. The topological polar surface area (TPSA) is 61.4 Å². The van der Waals surface area contributed by atoms with Crippen molar-refractivity contribution in [2.45, 2.75) is 38.3 Å². The number of carbonyl (C=O) groups is 2. The predicted octanol–water partition coefficient (Wildman–Crippen LogP) is 3.49. The standard InChI is InChI=1S/C23H29N3O2.ClH/c1-17-8-10-19(11-9-17)23(28)25-21(18-6-4-3-5-7-18)16-22(27)26-14-12-20(24-2)13-15-26;/h3-11,20-21,24H,12-16H2,1-2H3,(H,25,28);1H. The zero-order valence-corrected chi connectivity index (χ0v) is 17.9. The van der Waals surface area contributed by atoms with E-state index < -0.39 is 0 Å². The highest BCUT2D eigenvalue weighted by Crippen LogP contribution is 2.20. The number of carbonyl (C=O) groups excluding carboxylic acids is 2. The van der Waals surface area contributed by atoms with Gasteiger partial charge in [-0.3, -0.25) is 9.59 Å². The Kier molecular flexibility index (Phi) is 8.68. The molecule has 1 unspecified atom stereocenters. The maximum absolute atomic E-state index is 12.9. The summed E-state index contributed by atoms with van der Waals surface area (Å²) in [7, 11) is 1.97. The van der Waals surface area contributed by atoms with Crippen molar-refractivity contribution in [1.82, 2.24) is 15.5 Å². The second-order valence-electron chi connectivity index (χ2n) is 7.45. The van der Waals surface area contributed by atoms with E-state index in [1.54, 1.807) is 0 Å². The van der Waals surface area contributed by atoms with Crippen LogP contribution < -0.4 is 10.6 Å². The van der Waals surface area contributed by atoms with Crippen molar-refractivity contribution in [3.05, 3.63) is 71.3 Å². The molecule has 1 saturated heterocycles. The van der Waals surface area contributed by atoms with E-state index in [9.17, 15) is 9.59 Å². The van der Waals surface area contributed by atoms with Crippen LogP contribution in [0.4, 0.5) is 0 Å². The Morgan fingerprint density at radius 1 is 1.03 bits per heavy atom. The monoisotopic (exact) mass is 415 g/mol. The summed E-state index contributed by atoms with van der Waals surface area (Å²) < 4.78 is 0. The molecular weight excluding hydrogens is 386 g/mol. The first kappa shape index (κ1) is 22.9. The van der Waals surface area contributed by atoms with Crippen molar-refractivity contribution in [3.63, 3.8) is 0 Å². The van der Waals surface area contributed by atoms with Crippen molar-refractivity contribution < 1.29 is 9.59 Å². The zero-order valence-electron chi connectivity index (χ0n) is 17.1. The van der Waals surface area contributed by atoms with Gasteiger partial charge in [-0.1, -0.05) is 48.0 Å². The van der Waals surface area contributed by atoms with Gasteiger partial charge in [-0.15, -0.1) is 12.4 Å². The molecular formula is C23H30ClN3O2. The third-order valence-corrected chi connectivity index (χ3v) is 5.46. The number of nitrogens with zero attached hydrogens (tertiary/aromatic N) is 1. The van der Waals surface area contributed by atoms with E-state index in [0.29, 0.717) is 11.6 Å². The third-order valence-electron chi connectivity index (χ3n) is 5.46. The Balaban J connectivity index is 0.00000300. The fraction of sp³-hybridized carbons (Fsp3) is 0.391. The highest BCUT2D eigenvalue weighted by Gasteiger charge is 2.25. The second kappa shape index (κ2) is 11.0. The summed E-state index contributed by atoms with van der Waals surface area (Å²) in [5.41, 5.74) is 2.66. The van der Waals surface area contributed by atoms with Gasteiger partial charge in [-0.2, -0.15) is 0 Å². The number of piperidine rings is 1. The summed E-state index contributed by atoms with van der Waals surface area (Å²) in [5.74, 6) is -0.0665. The highest BCUT2D eigenvalue weighted by molar-refractivity contribution is 5.94. The lowest BCUT2D eigenvalue weighted by molar-refractivity contribution is -0.132. The van der Waals surface area contributed by atoms with Gasteiger partial charge in [0.25, 0.3) is 5.91 Å². The SMILES string of the molecule is CNC1CCN(C(=O)CC(NC(=O)c2ccc(C)cc2)c2ccccc2)CC1.Cl. The van der Waals surface area contributed by atoms with Crippen LogP contribution in [0, 0.1) is 6.92 Å². The molecule has 2 N–H and O–H groups in total. The molecule has 2 amide bonds. The minimum Gasteiger partial charge on any atom is -0.345 e. The van der Waals surface area contributed by atoms with Crippen LogP contribution >= 0.6 is 12.4 Å². The largest absolute Gasteiger partial charge is 0.345 e. The Bertz CT molecular complexity index is 788. The van der Waals surface area contributed by atoms with Gasteiger partial charge in [0.05, 0.1) is 12.5 Å². The molecule has 1 heterocycles. The Morgan fingerprint density at radius 2 is 1.66 bits per heavy atom. The van der Waals surface area contributed by atoms with Gasteiger partial charge < -0.3 is 15.5 Å². The molecule has 2 aromatic carbocycles. The molecule has 0 aromatic heterocycles. The number of nitrogens with one attached hydrogen (secondary N) is 2. The quantitative estimate of drug-likeness (QED) is 0.759. The van der Waals surface area contributed by atoms with Gasteiger partial charge in [-0.25, -0.2) is 0 Å². The van der Waals surface area contributed by atoms with Gasteiger partial charge in [0.2, 0.25) is 5.91 Å². The van der Waals surface area contributed by atoms with Crippen molar-refractivity contribution in [2.75, 3.05) is 20.1 Å². The van der Waals surface area contributed by atoms with E-state index in [-0.39, 0.29) is 36.7 Å². The lowest BCUT2D eigenvalue weighted by atomic mass is 10.00. The number of aryl methyl sites for hydroxylation is 1. The molecule has 29 heavy (non-hydrogen) atoms. The molecule has 1 aliphatic rings. The van der Waals surface area contributed by atoms with Crippen LogP contribution in [0.3, 0.4) is 0 Å². The molecule has 1 fully saturated rings. The van der Waals surface area contributed by atoms with Crippen LogP contribution in [-0.4, -0.2) is 42.9 Å². The Labute approximate surface area is 179 Å². The fourth-order valence-electron chi connectivity index (χ4n) is 3.61. The summed E-state index contributed by atoms with van der Waals surface area (Å²) in [6.45, 7) is 3.51. The number of rotatable bonds is 6. The maximum atomic E-state index is 12.9. The Morgan fingerprint density at radius 3 is 2.24 bits per heavy atom. The number of likely N-dealkylation sites (tertiary alicyclic amines) is 1. The summed E-state index contributed by atoms with van der Waals surface area (Å²) in [6.07, 6.45) is 2.20. The van der Waals surface area contributed by atoms with E-state index in [4.69, 9.17) is 0 Å². The van der Waals surface area contributed by atoms with Crippen LogP contribution in [0.5, 0.6) is 0 Å². The molecule has 0 bridgehead atoms. The average molecular weight is 416 g/mol. The molecule has 0 aliphatic carbocycles. The first-order valence-electron chi connectivity index (χ1n) is 9.94. The van der Waals surface area contributed by atoms with Gasteiger partial charge in [0.1, 0.15) is 0 Å². The lowest BCUT2D eigenvalue weighted by Gasteiger charge is -2.33. The van der Waals surface area contributed by atoms with Crippen molar-refractivity contribution in [1.29, 1.82) is 0 Å². The van der Waals surface area contributed by atoms with Crippen LogP contribution in [0.1, 0.15) is 46.8 Å². The molecule has 3 rings (SSSR count). The molecule has 0 radical (unpaired) electrons. The number of hydrogen-bond donors (Lipinski definition) is 2. The van der Waals surface area contributed by atoms with Gasteiger partial charge in [0.15, 0.2) is 0 Å². The first-order chi connectivity index (χ1) is 13.6. The van der Waals surface area contributed by atoms with Gasteiger partial charge >= 0.3 is 0 Å². The van der Waals surface area contributed by atoms with Crippen molar-refractivity contribution >= 4 is 24.2 Å². The average Bonchev–Trinajstić information content (AvgIpc) is 2.74. The molecule has 0 spiro atoms. The molecule has 5 nitrogen and oxygen atoms in total. The molecule has 6 heteroatoms. The fourth-order valence-corrected chi connectivity index (χ4v) is 3.61. The van der Waals surface area contributed by atoms with Gasteiger partial charge in [-0.05, 0) is 44.5 Å².